The van der Waals surface area contributed by atoms with Gasteiger partial charge in [-0.05, 0) is 13.0 Å². The van der Waals surface area contributed by atoms with E-state index in [1.165, 1.54) is 13.2 Å². The Bertz CT molecular complexity index is 245. The minimum absolute atomic E-state index is 0.0495. The summed E-state index contributed by atoms with van der Waals surface area (Å²) in [5.74, 6) is -0.532. The third-order valence-corrected chi connectivity index (χ3v) is 1.05. The number of rotatable bonds is 3. The van der Waals surface area contributed by atoms with Gasteiger partial charge in [-0.1, -0.05) is 38.1 Å². The number of allylic oxidation sites excluding steroid dienone is 1. The summed E-state index contributed by atoms with van der Waals surface area (Å²) in [6.07, 6.45) is 3.16. The van der Waals surface area contributed by atoms with Crippen molar-refractivity contribution >= 4 is 23.3 Å². The minimum atomic E-state index is -0.532. The van der Waals surface area contributed by atoms with Gasteiger partial charge in [0.25, 0.3) is 0 Å². The van der Waals surface area contributed by atoms with Crippen LogP contribution in [0.3, 0.4) is 0 Å². The second-order valence-electron chi connectivity index (χ2n) is 1.86. The fourth-order valence-electron chi connectivity index (χ4n) is 0.544. The van der Waals surface area contributed by atoms with Crippen LogP contribution in [0.2, 0.25) is 0 Å². The van der Waals surface area contributed by atoms with Crippen molar-refractivity contribution in [3.63, 3.8) is 0 Å². The molecule has 0 unspecified atom stereocenters. The number of halogens is 1. The SMILES string of the molecule is C=C(Cl)/N=C(\C=C/C)C(=O)OC.CC. The second kappa shape index (κ2) is 9.99. The van der Waals surface area contributed by atoms with Gasteiger partial charge in [-0.25, -0.2) is 9.79 Å². The van der Waals surface area contributed by atoms with Gasteiger partial charge in [-0.2, -0.15) is 0 Å². The molecule has 0 N–H and O–H groups in total. The van der Waals surface area contributed by atoms with E-state index in [-0.39, 0.29) is 10.9 Å². The van der Waals surface area contributed by atoms with Gasteiger partial charge < -0.3 is 4.74 Å². The number of carbonyl (C=O) groups excluding carboxylic acids is 1. The van der Waals surface area contributed by atoms with Crippen LogP contribution in [0.15, 0.2) is 28.9 Å². The molecule has 0 atom stereocenters. The molecule has 3 nitrogen and oxygen atoms in total. The molecule has 0 saturated carbocycles. The molecule has 0 amide bonds. The number of ether oxygens (including phenoxy) is 1. The van der Waals surface area contributed by atoms with Crippen LogP contribution in [0.5, 0.6) is 0 Å². The van der Waals surface area contributed by atoms with Crippen molar-refractivity contribution in [1.29, 1.82) is 0 Å². The Labute approximate surface area is 90.1 Å². The highest BCUT2D eigenvalue weighted by molar-refractivity contribution is 6.42. The van der Waals surface area contributed by atoms with Crippen LogP contribution in [0.4, 0.5) is 0 Å². The number of hydrogen-bond acceptors (Lipinski definition) is 3. The van der Waals surface area contributed by atoms with Crippen molar-refractivity contribution in [2.75, 3.05) is 7.11 Å². The van der Waals surface area contributed by atoms with Gasteiger partial charge >= 0.3 is 5.97 Å². The maximum Gasteiger partial charge on any atom is 0.356 e. The van der Waals surface area contributed by atoms with Crippen LogP contribution in [0.1, 0.15) is 20.8 Å². The zero-order valence-corrected chi connectivity index (χ0v) is 9.76. The zero-order chi connectivity index (χ0) is 11.6. The third kappa shape index (κ3) is 7.55. The van der Waals surface area contributed by atoms with E-state index in [2.05, 4.69) is 16.3 Å². The van der Waals surface area contributed by atoms with Gasteiger partial charge in [-0.3, -0.25) is 0 Å². The molecule has 0 aromatic carbocycles. The second-order valence-corrected chi connectivity index (χ2v) is 2.30. The molecule has 0 rings (SSSR count). The van der Waals surface area contributed by atoms with E-state index in [9.17, 15) is 4.79 Å². The van der Waals surface area contributed by atoms with Gasteiger partial charge in [0.2, 0.25) is 0 Å². The number of hydrogen-bond donors (Lipinski definition) is 0. The fourth-order valence-corrected chi connectivity index (χ4v) is 0.635. The largest absolute Gasteiger partial charge is 0.464 e. The summed E-state index contributed by atoms with van der Waals surface area (Å²) in [6, 6.07) is 0. The highest BCUT2D eigenvalue weighted by Gasteiger charge is 2.06. The molecule has 0 aliphatic rings. The van der Waals surface area contributed by atoms with Crippen LogP contribution in [0, 0.1) is 0 Å². The van der Waals surface area contributed by atoms with Crippen LogP contribution < -0.4 is 0 Å². The van der Waals surface area contributed by atoms with Crippen LogP contribution in [-0.4, -0.2) is 18.8 Å². The van der Waals surface area contributed by atoms with E-state index in [0.29, 0.717) is 0 Å². The Morgan fingerprint density at radius 1 is 1.50 bits per heavy atom. The Hall–Kier alpha value is -1.09. The maximum atomic E-state index is 10.9. The van der Waals surface area contributed by atoms with Gasteiger partial charge in [0.15, 0.2) is 0 Å². The molecule has 0 bridgehead atoms. The molecule has 0 aliphatic carbocycles. The van der Waals surface area contributed by atoms with Crippen molar-refractivity contribution in [2.45, 2.75) is 20.8 Å². The number of aliphatic imine (C=N–C) groups is 1. The van der Waals surface area contributed by atoms with Crippen LogP contribution in [0.25, 0.3) is 0 Å². The number of methoxy groups -OCH3 is 1. The van der Waals surface area contributed by atoms with E-state index in [1.807, 2.05) is 13.8 Å². The lowest BCUT2D eigenvalue weighted by atomic mass is 10.3. The first-order valence-corrected chi connectivity index (χ1v) is 4.63. The third-order valence-electron chi connectivity index (χ3n) is 0.961. The highest BCUT2D eigenvalue weighted by atomic mass is 35.5. The van der Waals surface area contributed by atoms with Crippen LogP contribution in [-0.2, 0) is 9.53 Å². The maximum absolute atomic E-state index is 10.9. The first-order chi connectivity index (χ1) is 6.61. The summed E-state index contributed by atoms with van der Waals surface area (Å²) in [5, 5.41) is 0.0495. The Morgan fingerprint density at radius 2 is 2.00 bits per heavy atom. The Kier molecular flexibility index (Phi) is 11.0. The molecular formula is C10H16ClNO2. The van der Waals surface area contributed by atoms with Gasteiger partial charge in [0.05, 0.1) is 7.11 Å². The van der Waals surface area contributed by atoms with Gasteiger partial charge in [-0.15, -0.1) is 0 Å². The first kappa shape index (κ1) is 15.4. The molecule has 0 radical (unpaired) electrons. The predicted molar refractivity (Wildman–Crippen MR) is 60.6 cm³/mol. The van der Waals surface area contributed by atoms with E-state index >= 15 is 0 Å². The standard InChI is InChI=1S/C8H10ClNO2.C2H6/c1-4-5-7(8(11)12-3)10-6(2)9;1-2/h4-5H,2H2,1,3H3;1-2H3/b5-4-,10-7+;. The molecule has 0 fully saturated rings. The monoisotopic (exact) mass is 217 g/mol. The molecule has 80 valence electrons. The molecule has 0 heterocycles. The number of esters is 1. The molecule has 0 saturated heterocycles. The number of nitrogens with zero attached hydrogens (tertiary/aromatic N) is 1. The van der Waals surface area contributed by atoms with E-state index in [1.54, 1.807) is 13.0 Å². The molecule has 4 heteroatoms. The lowest BCUT2D eigenvalue weighted by Gasteiger charge is -1.96. The van der Waals surface area contributed by atoms with E-state index < -0.39 is 5.97 Å². The minimum Gasteiger partial charge on any atom is -0.464 e. The van der Waals surface area contributed by atoms with Gasteiger partial charge in [0.1, 0.15) is 10.9 Å². The topological polar surface area (TPSA) is 38.7 Å². The lowest BCUT2D eigenvalue weighted by Crippen LogP contribution is -2.12. The van der Waals surface area contributed by atoms with Crippen LogP contribution >= 0.6 is 11.6 Å². The van der Waals surface area contributed by atoms with Gasteiger partial charge in [0, 0.05) is 0 Å². The summed E-state index contributed by atoms with van der Waals surface area (Å²) < 4.78 is 4.45. The molecule has 14 heavy (non-hydrogen) atoms. The molecular weight excluding hydrogens is 202 g/mol. The van der Waals surface area contributed by atoms with Crippen molar-refractivity contribution in [3.05, 3.63) is 23.9 Å². The summed E-state index contributed by atoms with van der Waals surface area (Å²) in [6.45, 7) is 9.09. The van der Waals surface area contributed by atoms with Crippen molar-refractivity contribution < 1.29 is 9.53 Å². The summed E-state index contributed by atoms with van der Waals surface area (Å²) >= 11 is 5.39. The normalized spacial score (nSPS) is 10.5. The fraction of sp³-hybridized carbons (Fsp3) is 0.400. The quantitative estimate of drug-likeness (QED) is 0.414. The highest BCUT2D eigenvalue weighted by Crippen LogP contribution is 2.00. The molecule has 0 aromatic rings. The van der Waals surface area contributed by atoms with Crippen molar-refractivity contribution in [3.8, 4) is 0 Å². The Balaban J connectivity index is 0. The summed E-state index contributed by atoms with van der Waals surface area (Å²) in [7, 11) is 1.28. The average Bonchev–Trinajstić information content (AvgIpc) is 2.18. The predicted octanol–water partition coefficient (Wildman–Crippen LogP) is 2.91. The van der Waals surface area contributed by atoms with E-state index in [0.717, 1.165) is 0 Å². The summed E-state index contributed by atoms with van der Waals surface area (Å²) in [4.78, 5) is 14.6. The summed E-state index contributed by atoms with van der Waals surface area (Å²) in [5.41, 5.74) is 0.139. The zero-order valence-electron chi connectivity index (χ0n) is 9.00. The number of carbonyl (C=O) groups is 1. The van der Waals surface area contributed by atoms with Crippen molar-refractivity contribution in [1.82, 2.24) is 0 Å². The molecule has 0 spiro atoms. The molecule has 0 aliphatic heterocycles. The van der Waals surface area contributed by atoms with E-state index in [4.69, 9.17) is 11.6 Å². The first-order valence-electron chi connectivity index (χ1n) is 4.26. The molecule has 0 aromatic heterocycles. The smallest absolute Gasteiger partial charge is 0.356 e. The van der Waals surface area contributed by atoms with Crippen molar-refractivity contribution in [2.24, 2.45) is 4.99 Å². The average molecular weight is 218 g/mol. The lowest BCUT2D eigenvalue weighted by molar-refractivity contribution is -0.132. The Morgan fingerprint density at radius 3 is 2.29 bits per heavy atom.